The molecule has 2 aliphatic rings. The van der Waals surface area contributed by atoms with Crippen LogP contribution in [0.15, 0.2) is 35.9 Å². The van der Waals surface area contributed by atoms with E-state index in [-0.39, 0.29) is 17.3 Å². The first-order valence-electron chi connectivity index (χ1n) is 8.33. The summed E-state index contributed by atoms with van der Waals surface area (Å²) >= 11 is 0. The molecule has 0 N–H and O–H groups in total. The fourth-order valence-corrected chi connectivity index (χ4v) is 4.35. The maximum atomic E-state index is 13.8. The highest BCUT2D eigenvalue weighted by Gasteiger charge is 2.70. The number of halogens is 1. The molecular formula is C20H21FO4. The molecule has 0 heterocycles. The molecule has 1 aromatic carbocycles. The Morgan fingerprint density at radius 2 is 1.88 bits per heavy atom. The highest BCUT2D eigenvalue weighted by Crippen LogP contribution is 2.66. The Hall–Kier alpha value is -2.30. The van der Waals surface area contributed by atoms with Crippen LogP contribution < -0.4 is 0 Å². The van der Waals surface area contributed by atoms with Crippen molar-refractivity contribution in [2.24, 2.45) is 16.7 Å². The first-order valence-corrected chi connectivity index (χ1v) is 8.33. The van der Waals surface area contributed by atoms with Gasteiger partial charge in [0, 0.05) is 12.5 Å². The third-order valence-corrected chi connectivity index (χ3v) is 6.15. The molecule has 1 aromatic rings. The summed E-state index contributed by atoms with van der Waals surface area (Å²) < 4.78 is 19.2. The number of benzene rings is 1. The minimum atomic E-state index is -0.884. The molecule has 2 fully saturated rings. The molecule has 2 saturated carbocycles. The summed E-state index contributed by atoms with van der Waals surface area (Å²) in [5.74, 6) is -1.94. The molecule has 2 aliphatic carbocycles. The summed E-state index contributed by atoms with van der Waals surface area (Å²) in [5.41, 5.74) is -0.981. The second kappa shape index (κ2) is 5.61. The van der Waals surface area contributed by atoms with Crippen LogP contribution in [0, 0.1) is 22.6 Å². The minimum absolute atomic E-state index is 0.0509. The number of rotatable bonds is 3. The largest absolute Gasteiger partial charge is 0.461 e. The molecule has 132 valence electrons. The monoisotopic (exact) mass is 344 g/mol. The van der Waals surface area contributed by atoms with Gasteiger partial charge in [-0.3, -0.25) is 14.4 Å². The van der Waals surface area contributed by atoms with Gasteiger partial charge in [0.05, 0.1) is 11.0 Å². The van der Waals surface area contributed by atoms with Crippen molar-refractivity contribution in [3.8, 4) is 0 Å². The maximum Gasteiger partial charge on any atom is 0.302 e. The number of hydrogen-bond acceptors (Lipinski definition) is 4. The molecule has 25 heavy (non-hydrogen) atoms. The molecule has 4 nitrogen and oxygen atoms in total. The average molecular weight is 344 g/mol. The van der Waals surface area contributed by atoms with E-state index >= 15 is 0 Å². The van der Waals surface area contributed by atoms with Gasteiger partial charge in [-0.1, -0.05) is 26.0 Å². The van der Waals surface area contributed by atoms with Crippen molar-refractivity contribution < 1.29 is 23.5 Å². The molecule has 0 aromatic heterocycles. The Kier molecular flexibility index (Phi) is 3.93. The van der Waals surface area contributed by atoms with E-state index in [1.165, 1.54) is 31.2 Å². The average Bonchev–Trinajstić information content (AvgIpc) is 2.79. The van der Waals surface area contributed by atoms with Gasteiger partial charge in [-0.25, -0.2) is 4.39 Å². The number of ether oxygens (including phenoxy) is 1. The van der Waals surface area contributed by atoms with E-state index in [4.69, 9.17) is 4.74 Å². The number of allylic oxidation sites excluding steroid dienone is 2. The summed E-state index contributed by atoms with van der Waals surface area (Å²) in [6.45, 7) is 7.02. The van der Waals surface area contributed by atoms with E-state index in [9.17, 15) is 18.8 Å². The van der Waals surface area contributed by atoms with E-state index in [1.807, 2.05) is 13.8 Å². The van der Waals surface area contributed by atoms with Crippen molar-refractivity contribution in [3.05, 3.63) is 47.3 Å². The number of hydrogen-bond donors (Lipinski definition) is 0. The predicted molar refractivity (Wildman–Crippen MR) is 89.4 cm³/mol. The van der Waals surface area contributed by atoms with Gasteiger partial charge in [-0.2, -0.15) is 0 Å². The first-order chi connectivity index (χ1) is 11.6. The molecule has 0 unspecified atom stereocenters. The van der Waals surface area contributed by atoms with Gasteiger partial charge in [0.1, 0.15) is 11.9 Å². The van der Waals surface area contributed by atoms with Crippen LogP contribution in [0.3, 0.4) is 0 Å². The molecule has 2 bridgehead atoms. The van der Waals surface area contributed by atoms with Crippen LogP contribution in [0.1, 0.15) is 44.5 Å². The van der Waals surface area contributed by atoms with Gasteiger partial charge in [-0.15, -0.1) is 0 Å². The standard InChI is InChI=1S/C20H21FO4/c1-11(22)25-17-10-14-13(18(24)20(17,4)19(14,2)3)9-16(23)12-7-5-6-8-15(12)21/h5-9,14,17H,10H2,1-4H3/b13-9-/t14-,17+,20+/m1/s1. The molecule has 0 radical (unpaired) electrons. The smallest absolute Gasteiger partial charge is 0.302 e. The van der Waals surface area contributed by atoms with Gasteiger partial charge in [0.15, 0.2) is 11.6 Å². The zero-order chi connectivity index (χ0) is 18.6. The van der Waals surface area contributed by atoms with E-state index in [1.54, 1.807) is 13.0 Å². The van der Waals surface area contributed by atoms with E-state index in [2.05, 4.69) is 0 Å². The molecule has 5 heteroatoms. The number of Topliss-reactive ketones (excluding diaryl/α,β-unsaturated/α-hetero) is 1. The summed E-state index contributed by atoms with van der Waals surface area (Å²) in [6, 6.07) is 5.71. The molecule has 3 rings (SSSR count). The van der Waals surface area contributed by atoms with Gasteiger partial charge in [0.25, 0.3) is 0 Å². The van der Waals surface area contributed by atoms with Crippen LogP contribution in [-0.4, -0.2) is 23.6 Å². The SMILES string of the molecule is CC(=O)O[C@H]1C[C@@H]2/C(=C/C(=O)c3ccccc3F)C(=O)[C@@]1(C)C2(C)C. The molecule has 0 amide bonds. The Balaban J connectivity index is 1.99. The fraction of sp³-hybridized carbons (Fsp3) is 0.450. The lowest BCUT2D eigenvalue weighted by Crippen LogP contribution is -2.44. The fourth-order valence-electron chi connectivity index (χ4n) is 4.35. The lowest BCUT2D eigenvalue weighted by Gasteiger charge is -2.36. The van der Waals surface area contributed by atoms with Crippen molar-refractivity contribution in [3.63, 3.8) is 0 Å². The normalized spacial score (nSPS) is 31.4. The zero-order valence-corrected chi connectivity index (χ0v) is 14.8. The molecular weight excluding hydrogens is 323 g/mol. The third kappa shape index (κ3) is 2.36. The number of carbonyl (C=O) groups is 3. The van der Waals surface area contributed by atoms with Crippen LogP contribution in [0.4, 0.5) is 4.39 Å². The topological polar surface area (TPSA) is 60.4 Å². The van der Waals surface area contributed by atoms with E-state index < -0.39 is 34.5 Å². The van der Waals surface area contributed by atoms with Crippen LogP contribution in [0.5, 0.6) is 0 Å². The summed E-state index contributed by atoms with van der Waals surface area (Å²) in [7, 11) is 0. The molecule has 3 atom stereocenters. The Bertz CT molecular complexity index is 808. The van der Waals surface area contributed by atoms with Crippen LogP contribution in [-0.2, 0) is 14.3 Å². The van der Waals surface area contributed by atoms with Gasteiger partial charge >= 0.3 is 5.97 Å². The summed E-state index contributed by atoms with van der Waals surface area (Å²) in [4.78, 5) is 36.9. The molecule has 0 saturated heterocycles. The Morgan fingerprint density at radius 3 is 2.44 bits per heavy atom. The second-order valence-corrected chi connectivity index (χ2v) is 7.58. The van der Waals surface area contributed by atoms with E-state index in [0.717, 1.165) is 0 Å². The van der Waals surface area contributed by atoms with Crippen LogP contribution in [0.2, 0.25) is 0 Å². The van der Waals surface area contributed by atoms with Crippen LogP contribution >= 0.6 is 0 Å². The van der Waals surface area contributed by atoms with Gasteiger partial charge in [-0.05, 0) is 42.9 Å². The Morgan fingerprint density at radius 1 is 1.24 bits per heavy atom. The number of esters is 1. The van der Waals surface area contributed by atoms with Crippen LogP contribution in [0.25, 0.3) is 0 Å². The quantitative estimate of drug-likeness (QED) is 0.478. The van der Waals surface area contributed by atoms with E-state index in [0.29, 0.717) is 12.0 Å². The van der Waals surface area contributed by atoms with Crippen molar-refractivity contribution in [1.29, 1.82) is 0 Å². The van der Waals surface area contributed by atoms with Crippen molar-refractivity contribution in [2.45, 2.75) is 40.2 Å². The molecule has 0 spiro atoms. The number of fused-ring (bicyclic) bond motifs is 2. The van der Waals surface area contributed by atoms with Crippen molar-refractivity contribution >= 4 is 17.5 Å². The highest BCUT2D eigenvalue weighted by molar-refractivity contribution is 6.13. The van der Waals surface area contributed by atoms with Crippen molar-refractivity contribution in [1.82, 2.24) is 0 Å². The lowest BCUT2D eigenvalue weighted by molar-refractivity contribution is -0.157. The second-order valence-electron chi connectivity index (χ2n) is 7.58. The van der Waals surface area contributed by atoms with Crippen molar-refractivity contribution in [2.75, 3.05) is 0 Å². The first kappa shape index (κ1) is 17.5. The Labute approximate surface area is 146 Å². The minimum Gasteiger partial charge on any atom is -0.461 e. The maximum absolute atomic E-state index is 13.8. The predicted octanol–water partition coefficient (Wildman–Crippen LogP) is 3.50. The summed E-state index contributed by atoms with van der Waals surface area (Å²) in [6.07, 6.45) is 1.26. The number of carbonyl (C=O) groups excluding carboxylic acids is 3. The zero-order valence-electron chi connectivity index (χ0n) is 14.8. The third-order valence-electron chi connectivity index (χ3n) is 6.15. The highest BCUT2D eigenvalue weighted by atomic mass is 19.1. The van der Waals surface area contributed by atoms with Gasteiger partial charge < -0.3 is 4.74 Å². The lowest BCUT2D eigenvalue weighted by atomic mass is 9.69. The summed E-state index contributed by atoms with van der Waals surface area (Å²) in [5, 5.41) is 0. The molecule has 0 aliphatic heterocycles. The van der Waals surface area contributed by atoms with Gasteiger partial charge in [0.2, 0.25) is 0 Å². The number of ketones is 2.